The maximum absolute atomic E-state index is 6.79. The molecule has 0 unspecified atom stereocenters. The minimum absolute atomic E-state index is 0.861. The number of rotatable bonds is 6. The largest absolute Gasteiger partial charge is 0.455 e. The second-order valence-corrected chi connectivity index (χ2v) is 17.4. The van der Waals surface area contributed by atoms with Crippen LogP contribution in [0.25, 0.3) is 108 Å². The fourth-order valence-corrected chi connectivity index (χ4v) is 11.3. The summed E-state index contributed by atoms with van der Waals surface area (Å²) in [5.41, 5.74) is 12.2. The molecule has 0 radical (unpaired) electrons. The highest BCUT2D eigenvalue weighted by atomic mass is 32.1. The zero-order chi connectivity index (χ0) is 41.4. The summed E-state index contributed by atoms with van der Waals surface area (Å²) in [6.45, 7) is 0. The predicted octanol–water partition coefficient (Wildman–Crippen LogP) is 17.9. The van der Waals surface area contributed by atoms with Gasteiger partial charge in [-0.15, -0.1) is 11.3 Å². The molecule has 0 saturated heterocycles. The third-order valence-corrected chi connectivity index (χ3v) is 14.1. The summed E-state index contributed by atoms with van der Waals surface area (Å²) in [5, 5.41) is 12.0. The standard InChI is InChI=1S/C60H37NOS/c1-2-16-40(17-3-1)56-49-24-8-6-21-46(49)47-22-7-9-25-50(47)57(56)41-18-12-19-43(37-41)61(53-28-14-29-54-58(53)52-36-33-38-15-4-5-20-44(38)59(52)62-54)42-34-31-39(32-35-42)45-26-13-27-51-48-23-10-11-30-55(48)63-60(45)51/h1-37H. The lowest BCUT2D eigenvalue weighted by Gasteiger charge is -2.27. The monoisotopic (exact) mass is 819 g/mol. The topological polar surface area (TPSA) is 16.4 Å². The van der Waals surface area contributed by atoms with E-state index >= 15 is 0 Å². The van der Waals surface area contributed by atoms with Gasteiger partial charge < -0.3 is 9.32 Å². The Kier molecular flexibility index (Phi) is 8.12. The molecule has 0 aliphatic rings. The van der Waals surface area contributed by atoms with Crippen molar-refractivity contribution < 1.29 is 4.42 Å². The molecule has 0 aliphatic carbocycles. The lowest BCUT2D eigenvalue weighted by molar-refractivity contribution is 0.672. The van der Waals surface area contributed by atoms with Gasteiger partial charge in [0, 0.05) is 42.3 Å². The van der Waals surface area contributed by atoms with Crippen LogP contribution in [0.2, 0.25) is 0 Å². The molecule has 63 heavy (non-hydrogen) atoms. The molecule has 0 saturated carbocycles. The van der Waals surface area contributed by atoms with E-state index in [9.17, 15) is 0 Å². The van der Waals surface area contributed by atoms with Gasteiger partial charge in [0.05, 0.1) is 11.1 Å². The van der Waals surface area contributed by atoms with Gasteiger partial charge in [-0.2, -0.15) is 0 Å². The summed E-state index contributed by atoms with van der Waals surface area (Å²) in [6, 6.07) is 81.7. The Morgan fingerprint density at radius 3 is 1.78 bits per heavy atom. The molecule has 11 aromatic carbocycles. The van der Waals surface area contributed by atoms with Crippen LogP contribution in [0.1, 0.15) is 0 Å². The number of fused-ring (bicyclic) bond motifs is 11. The Morgan fingerprint density at radius 2 is 0.984 bits per heavy atom. The molecule has 0 bridgehead atoms. The van der Waals surface area contributed by atoms with Crippen LogP contribution in [0.4, 0.5) is 17.1 Å². The average molecular weight is 820 g/mol. The molecule has 0 atom stereocenters. The molecule has 13 rings (SSSR count). The van der Waals surface area contributed by atoms with Crippen molar-refractivity contribution in [2.45, 2.75) is 0 Å². The van der Waals surface area contributed by atoms with Crippen molar-refractivity contribution in [2.24, 2.45) is 0 Å². The molecule has 294 valence electrons. The number of anilines is 3. The first kappa shape index (κ1) is 35.7. The van der Waals surface area contributed by atoms with Gasteiger partial charge in [-0.05, 0) is 109 Å². The van der Waals surface area contributed by atoms with Crippen molar-refractivity contribution in [3.8, 4) is 33.4 Å². The molecule has 0 fully saturated rings. The van der Waals surface area contributed by atoms with E-state index in [4.69, 9.17) is 4.42 Å². The normalized spacial score (nSPS) is 11.8. The molecule has 0 N–H and O–H groups in total. The van der Waals surface area contributed by atoms with E-state index in [0.717, 1.165) is 55.3 Å². The lowest BCUT2D eigenvalue weighted by Crippen LogP contribution is -2.10. The van der Waals surface area contributed by atoms with Crippen molar-refractivity contribution in [1.82, 2.24) is 0 Å². The Bertz CT molecular complexity index is 3920. The Morgan fingerprint density at radius 1 is 0.365 bits per heavy atom. The van der Waals surface area contributed by atoms with E-state index < -0.39 is 0 Å². The van der Waals surface area contributed by atoms with Crippen LogP contribution in [-0.2, 0) is 0 Å². The number of hydrogen-bond donors (Lipinski definition) is 0. The van der Waals surface area contributed by atoms with E-state index in [-0.39, 0.29) is 0 Å². The van der Waals surface area contributed by atoms with Crippen LogP contribution in [0.3, 0.4) is 0 Å². The van der Waals surface area contributed by atoms with E-state index in [1.54, 1.807) is 0 Å². The maximum Gasteiger partial charge on any atom is 0.143 e. The highest BCUT2D eigenvalue weighted by Gasteiger charge is 2.23. The maximum atomic E-state index is 6.79. The second kappa shape index (κ2) is 14.3. The van der Waals surface area contributed by atoms with Crippen molar-refractivity contribution in [3.63, 3.8) is 0 Å². The minimum atomic E-state index is 0.861. The van der Waals surface area contributed by atoms with Crippen LogP contribution in [0, 0.1) is 0 Å². The number of furan rings is 1. The van der Waals surface area contributed by atoms with E-state index in [1.165, 1.54) is 69.5 Å². The summed E-state index contributed by atoms with van der Waals surface area (Å²) in [4.78, 5) is 2.42. The van der Waals surface area contributed by atoms with Gasteiger partial charge in [0.2, 0.25) is 0 Å². The van der Waals surface area contributed by atoms with Gasteiger partial charge in [-0.25, -0.2) is 0 Å². The first-order valence-electron chi connectivity index (χ1n) is 21.5. The van der Waals surface area contributed by atoms with Crippen LogP contribution in [0.5, 0.6) is 0 Å². The van der Waals surface area contributed by atoms with Crippen LogP contribution >= 0.6 is 11.3 Å². The molecule has 0 amide bonds. The van der Waals surface area contributed by atoms with E-state index in [1.807, 2.05) is 11.3 Å². The van der Waals surface area contributed by atoms with Gasteiger partial charge in [0.1, 0.15) is 11.2 Å². The molecule has 3 heteroatoms. The van der Waals surface area contributed by atoms with Crippen molar-refractivity contribution >= 4 is 103 Å². The first-order valence-corrected chi connectivity index (χ1v) is 22.3. The van der Waals surface area contributed by atoms with E-state index in [2.05, 4.69) is 229 Å². The number of thiophene rings is 1. The van der Waals surface area contributed by atoms with Gasteiger partial charge >= 0.3 is 0 Å². The third-order valence-electron chi connectivity index (χ3n) is 12.8. The number of hydrogen-bond acceptors (Lipinski definition) is 3. The molecule has 13 aromatic rings. The van der Waals surface area contributed by atoms with Crippen LogP contribution in [-0.4, -0.2) is 0 Å². The highest BCUT2D eigenvalue weighted by molar-refractivity contribution is 7.26. The first-order chi connectivity index (χ1) is 31.3. The van der Waals surface area contributed by atoms with E-state index in [0.29, 0.717) is 0 Å². The van der Waals surface area contributed by atoms with Gasteiger partial charge in [-0.1, -0.05) is 176 Å². The average Bonchev–Trinajstić information content (AvgIpc) is 3.94. The van der Waals surface area contributed by atoms with Crippen molar-refractivity contribution in [1.29, 1.82) is 0 Å². The summed E-state index contributed by atoms with van der Waals surface area (Å²) in [7, 11) is 0. The molecule has 0 aliphatic heterocycles. The number of benzene rings is 11. The zero-order valence-corrected chi connectivity index (χ0v) is 34.9. The Labute approximate surface area is 368 Å². The summed E-state index contributed by atoms with van der Waals surface area (Å²) < 4.78 is 9.42. The number of nitrogens with zero attached hydrogens (tertiary/aromatic N) is 1. The van der Waals surface area contributed by atoms with Gasteiger partial charge in [0.15, 0.2) is 0 Å². The minimum Gasteiger partial charge on any atom is -0.455 e. The molecule has 2 aromatic heterocycles. The SMILES string of the molecule is c1ccc(-c2c(-c3cccc(N(c4ccc(-c5cccc6c5sc5ccccc56)cc4)c4cccc5oc6c7ccccc7ccc6c45)c3)c3ccccc3c3ccccc23)cc1. The second-order valence-electron chi connectivity index (χ2n) is 16.3. The van der Waals surface area contributed by atoms with Crippen molar-refractivity contribution in [3.05, 3.63) is 224 Å². The lowest BCUT2D eigenvalue weighted by atomic mass is 9.85. The molecular weight excluding hydrogens is 783 g/mol. The molecule has 0 spiro atoms. The van der Waals surface area contributed by atoms with Crippen molar-refractivity contribution in [2.75, 3.05) is 4.90 Å². The quantitative estimate of drug-likeness (QED) is 0.155. The molecular formula is C60H37NOS. The van der Waals surface area contributed by atoms with Gasteiger partial charge in [-0.3, -0.25) is 0 Å². The third kappa shape index (κ3) is 5.64. The predicted molar refractivity (Wildman–Crippen MR) is 270 cm³/mol. The smallest absolute Gasteiger partial charge is 0.143 e. The fraction of sp³-hybridized carbons (Fsp3) is 0. The van der Waals surface area contributed by atoms with Crippen LogP contribution < -0.4 is 4.90 Å². The summed E-state index contributed by atoms with van der Waals surface area (Å²) in [6.07, 6.45) is 0. The summed E-state index contributed by atoms with van der Waals surface area (Å²) in [5.74, 6) is 0. The zero-order valence-electron chi connectivity index (χ0n) is 34.1. The molecule has 2 nitrogen and oxygen atoms in total. The highest BCUT2D eigenvalue weighted by Crippen LogP contribution is 2.49. The van der Waals surface area contributed by atoms with Crippen LogP contribution in [0.15, 0.2) is 229 Å². The fourth-order valence-electron chi connectivity index (χ4n) is 10.1. The van der Waals surface area contributed by atoms with Gasteiger partial charge in [0.25, 0.3) is 0 Å². The Hall–Kier alpha value is -7.98. The summed E-state index contributed by atoms with van der Waals surface area (Å²) >= 11 is 1.87. The molecule has 2 heterocycles. The Balaban J connectivity index is 1.06.